The lowest BCUT2D eigenvalue weighted by atomic mass is 10.2. The summed E-state index contributed by atoms with van der Waals surface area (Å²) in [6.07, 6.45) is 2.64. The van der Waals surface area contributed by atoms with Gasteiger partial charge in [-0.25, -0.2) is 14.4 Å². The molecular weight excluding hydrogens is 214 g/mol. The van der Waals surface area contributed by atoms with Gasteiger partial charge in [-0.05, 0) is 6.42 Å². The smallest absolute Gasteiger partial charge is 0.197 e. The molecule has 0 unspecified atom stereocenters. The van der Waals surface area contributed by atoms with Crippen LogP contribution in [0.15, 0.2) is 0 Å². The van der Waals surface area contributed by atoms with E-state index in [1.165, 1.54) is 0 Å². The van der Waals surface area contributed by atoms with Crippen LogP contribution in [0.1, 0.15) is 25.6 Å². The summed E-state index contributed by atoms with van der Waals surface area (Å²) in [4.78, 5) is 7.53. The monoisotopic (exact) mass is 222 g/mol. The third-order valence-electron chi connectivity index (χ3n) is 1.57. The summed E-state index contributed by atoms with van der Waals surface area (Å²) in [7, 11) is 0. The van der Waals surface area contributed by atoms with E-state index < -0.39 is 5.82 Å². The molecule has 0 fully saturated rings. The van der Waals surface area contributed by atoms with Gasteiger partial charge in [-0.2, -0.15) is 0 Å². The lowest BCUT2D eigenvalue weighted by Crippen LogP contribution is -1.98. The van der Waals surface area contributed by atoms with E-state index >= 15 is 0 Å². The van der Waals surface area contributed by atoms with E-state index in [0.29, 0.717) is 12.2 Å². The Morgan fingerprint density at radius 1 is 1.23 bits per heavy atom. The van der Waals surface area contributed by atoms with E-state index in [0.717, 1.165) is 12.8 Å². The number of unbranched alkanes of at least 4 members (excludes halogenated alkanes) is 1. The fourth-order valence-corrected chi connectivity index (χ4v) is 1.30. The average Bonchev–Trinajstić information content (AvgIpc) is 2.10. The Bertz CT molecular complexity index is 281. The van der Waals surface area contributed by atoms with Gasteiger partial charge in [-0.3, -0.25) is 0 Å². The van der Waals surface area contributed by atoms with Crippen molar-refractivity contribution < 1.29 is 4.39 Å². The van der Waals surface area contributed by atoms with Crippen molar-refractivity contribution in [1.82, 2.24) is 9.97 Å². The quantitative estimate of drug-likeness (QED) is 0.735. The van der Waals surface area contributed by atoms with Crippen LogP contribution in [0.2, 0.25) is 10.3 Å². The van der Waals surface area contributed by atoms with E-state index in [-0.39, 0.29) is 10.3 Å². The van der Waals surface area contributed by atoms with Gasteiger partial charge in [0.15, 0.2) is 16.1 Å². The molecule has 2 nitrogen and oxygen atoms in total. The van der Waals surface area contributed by atoms with E-state index in [2.05, 4.69) is 9.97 Å². The maximum Gasteiger partial charge on any atom is 0.197 e. The zero-order valence-corrected chi connectivity index (χ0v) is 8.66. The van der Waals surface area contributed by atoms with E-state index in [1.54, 1.807) is 0 Å². The summed E-state index contributed by atoms with van der Waals surface area (Å²) in [6.45, 7) is 2.05. The van der Waals surface area contributed by atoms with Gasteiger partial charge in [0.25, 0.3) is 0 Å². The Hall–Kier alpha value is -0.410. The Kier molecular flexibility index (Phi) is 3.88. The number of aromatic nitrogens is 2. The van der Waals surface area contributed by atoms with Crippen LogP contribution in [0.4, 0.5) is 4.39 Å². The summed E-state index contributed by atoms with van der Waals surface area (Å²) in [5.74, 6) is -0.248. The highest BCUT2D eigenvalue weighted by molar-refractivity contribution is 6.33. The Morgan fingerprint density at radius 2 is 1.77 bits per heavy atom. The van der Waals surface area contributed by atoms with Crippen LogP contribution in [-0.4, -0.2) is 9.97 Å². The third-order valence-corrected chi connectivity index (χ3v) is 2.07. The molecule has 0 N–H and O–H groups in total. The average molecular weight is 223 g/mol. The fraction of sp³-hybridized carbons (Fsp3) is 0.500. The van der Waals surface area contributed by atoms with Gasteiger partial charge in [0.05, 0.1) is 0 Å². The van der Waals surface area contributed by atoms with Crippen LogP contribution in [-0.2, 0) is 6.42 Å². The minimum Gasteiger partial charge on any atom is -0.218 e. The van der Waals surface area contributed by atoms with Crippen molar-refractivity contribution in [3.05, 3.63) is 21.9 Å². The predicted molar refractivity (Wildman–Crippen MR) is 50.6 cm³/mol. The highest BCUT2D eigenvalue weighted by atomic mass is 35.5. The van der Waals surface area contributed by atoms with Gasteiger partial charge >= 0.3 is 0 Å². The maximum absolute atomic E-state index is 12.8. The molecule has 1 aromatic heterocycles. The van der Waals surface area contributed by atoms with Crippen LogP contribution in [0, 0.1) is 5.82 Å². The molecule has 1 rings (SSSR count). The van der Waals surface area contributed by atoms with Crippen molar-refractivity contribution in [2.24, 2.45) is 0 Å². The van der Waals surface area contributed by atoms with Crippen molar-refractivity contribution in [2.45, 2.75) is 26.2 Å². The number of rotatable bonds is 3. The summed E-state index contributed by atoms with van der Waals surface area (Å²) in [5.41, 5.74) is 0. The van der Waals surface area contributed by atoms with Crippen molar-refractivity contribution in [2.75, 3.05) is 0 Å². The van der Waals surface area contributed by atoms with Crippen LogP contribution in [0.25, 0.3) is 0 Å². The maximum atomic E-state index is 12.8. The molecule has 0 aliphatic rings. The second-order valence-electron chi connectivity index (χ2n) is 2.64. The Balaban J connectivity index is 2.86. The first-order valence-corrected chi connectivity index (χ1v) is 4.78. The van der Waals surface area contributed by atoms with Gasteiger partial charge < -0.3 is 0 Å². The number of nitrogens with zero attached hydrogens (tertiary/aromatic N) is 2. The topological polar surface area (TPSA) is 25.8 Å². The van der Waals surface area contributed by atoms with Crippen molar-refractivity contribution >= 4 is 23.2 Å². The molecule has 5 heteroatoms. The standard InChI is InChI=1S/C8H9Cl2FN2/c1-2-3-4-5-12-7(9)6(11)8(10)13-5/h2-4H2,1H3. The molecule has 0 saturated carbocycles. The number of aryl methyl sites for hydroxylation is 1. The van der Waals surface area contributed by atoms with Gasteiger partial charge in [0.1, 0.15) is 5.82 Å². The Labute approximate surface area is 86.1 Å². The van der Waals surface area contributed by atoms with Crippen LogP contribution in [0.5, 0.6) is 0 Å². The lowest BCUT2D eigenvalue weighted by Gasteiger charge is -2.01. The van der Waals surface area contributed by atoms with Gasteiger partial charge in [0.2, 0.25) is 0 Å². The summed E-state index contributed by atoms with van der Waals surface area (Å²) in [6, 6.07) is 0. The first-order valence-electron chi connectivity index (χ1n) is 4.02. The van der Waals surface area contributed by atoms with E-state index in [9.17, 15) is 4.39 Å². The zero-order valence-electron chi connectivity index (χ0n) is 7.15. The Morgan fingerprint density at radius 3 is 2.23 bits per heavy atom. The van der Waals surface area contributed by atoms with Crippen molar-refractivity contribution in [3.63, 3.8) is 0 Å². The minimum atomic E-state index is -0.747. The molecule has 0 aromatic carbocycles. The molecule has 72 valence electrons. The number of halogens is 3. The summed E-state index contributed by atoms with van der Waals surface area (Å²) >= 11 is 11.0. The SMILES string of the molecule is CCCCc1nc(Cl)c(F)c(Cl)n1. The minimum absolute atomic E-state index is 0.203. The molecular formula is C8H9Cl2FN2. The van der Waals surface area contributed by atoms with Crippen LogP contribution < -0.4 is 0 Å². The molecule has 0 atom stereocenters. The molecule has 0 radical (unpaired) electrons. The molecule has 0 aliphatic carbocycles. The highest BCUT2D eigenvalue weighted by Crippen LogP contribution is 2.19. The number of hydrogen-bond acceptors (Lipinski definition) is 2. The molecule has 0 aliphatic heterocycles. The molecule has 13 heavy (non-hydrogen) atoms. The first kappa shape index (κ1) is 10.7. The van der Waals surface area contributed by atoms with E-state index in [4.69, 9.17) is 23.2 Å². The summed E-state index contributed by atoms with van der Waals surface area (Å²) in [5, 5.41) is -0.405. The second-order valence-corrected chi connectivity index (χ2v) is 3.36. The molecule has 1 aromatic rings. The fourth-order valence-electron chi connectivity index (χ4n) is 0.882. The molecule has 0 saturated heterocycles. The lowest BCUT2D eigenvalue weighted by molar-refractivity contribution is 0.607. The first-order chi connectivity index (χ1) is 6.15. The molecule has 0 spiro atoms. The molecule has 0 bridgehead atoms. The van der Waals surface area contributed by atoms with E-state index in [1.807, 2.05) is 6.92 Å². The molecule has 1 heterocycles. The zero-order chi connectivity index (χ0) is 9.84. The number of hydrogen-bond donors (Lipinski definition) is 0. The van der Waals surface area contributed by atoms with Crippen molar-refractivity contribution in [3.8, 4) is 0 Å². The van der Waals surface area contributed by atoms with Crippen LogP contribution in [0.3, 0.4) is 0 Å². The van der Waals surface area contributed by atoms with Crippen LogP contribution >= 0.6 is 23.2 Å². The normalized spacial score (nSPS) is 10.5. The van der Waals surface area contributed by atoms with Crippen molar-refractivity contribution in [1.29, 1.82) is 0 Å². The molecule has 0 amide bonds. The highest BCUT2D eigenvalue weighted by Gasteiger charge is 2.10. The van der Waals surface area contributed by atoms with Gasteiger partial charge in [-0.1, -0.05) is 36.5 Å². The van der Waals surface area contributed by atoms with Gasteiger partial charge in [0, 0.05) is 6.42 Å². The third kappa shape index (κ3) is 2.78. The predicted octanol–water partition coefficient (Wildman–Crippen LogP) is 3.27. The summed E-state index contributed by atoms with van der Waals surface area (Å²) < 4.78 is 12.8. The van der Waals surface area contributed by atoms with Gasteiger partial charge in [-0.15, -0.1) is 0 Å². The largest absolute Gasteiger partial charge is 0.218 e. The second kappa shape index (κ2) is 4.72.